The molecule has 148 valence electrons. The molecule has 4 rings (SSSR count). The lowest BCUT2D eigenvalue weighted by Crippen LogP contribution is -2.29. The van der Waals surface area contributed by atoms with E-state index in [0.717, 1.165) is 11.3 Å². The Hall–Kier alpha value is -3.31. The Morgan fingerprint density at radius 3 is 2.69 bits per heavy atom. The van der Waals surface area contributed by atoms with Crippen molar-refractivity contribution >= 4 is 37.9 Å². The zero-order chi connectivity index (χ0) is 20.9. The molecule has 1 aromatic heterocycles. The zero-order valence-electron chi connectivity index (χ0n) is 16.4. The maximum absolute atomic E-state index is 13.7. The zero-order valence-corrected chi connectivity index (χ0v) is 17.2. The molecule has 0 amide bonds. The van der Waals surface area contributed by atoms with E-state index in [1.807, 2.05) is 19.0 Å². The van der Waals surface area contributed by atoms with Gasteiger partial charge in [0, 0.05) is 49.0 Å². The van der Waals surface area contributed by atoms with E-state index in [0.29, 0.717) is 40.7 Å². The number of sulfonamides is 1. The Bertz CT molecular complexity index is 1350. The molecular formula is C21H20N4O3S. The number of anilines is 2. The molecule has 29 heavy (non-hydrogen) atoms. The minimum atomic E-state index is -3.93. The lowest BCUT2D eigenvalue weighted by molar-refractivity contribution is 0.593. The number of pyridine rings is 1. The molecule has 0 atom stereocenters. The fraction of sp³-hybridized carbons (Fsp3) is 0.238. The quantitative estimate of drug-likeness (QED) is 0.675. The van der Waals surface area contributed by atoms with Gasteiger partial charge in [0.2, 0.25) is 0 Å². The van der Waals surface area contributed by atoms with Crippen LogP contribution in [0.3, 0.4) is 0 Å². The smallest absolute Gasteiger partial charge is 0.264 e. The highest BCUT2D eigenvalue weighted by Crippen LogP contribution is 2.42. The molecular weight excluding hydrogens is 388 g/mol. The van der Waals surface area contributed by atoms with Gasteiger partial charge in [-0.1, -0.05) is 6.07 Å². The maximum atomic E-state index is 13.7. The van der Waals surface area contributed by atoms with E-state index in [-0.39, 0.29) is 10.5 Å². The molecule has 2 heterocycles. The van der Waals surface area contributed by atoms with E-state index in [9.17, 15) is 13.2 Å². The van der Waals surface area contributed by atoms with E-state index >= 15 is 0 Å². The monoisotopic (exact) mass is 408 g/mol. The highest BCUT2D eigenvalue weighted by atomic mass is 32.2. The second-order valence-corrected chi connectivity index (χ2v) is 9.11. The minimum absolute atomic E-state index is 0.103. The van der Waals surface area contributed by atoms with Crippen molar-refractivity contribution in [1.29, 1.82) is 0 Å². The normalized spacial score (nSPS) is 13.4. The molecule has 1 aliphatic rings. The second kappa shape index (κ2) is 6.64. The number of fused-ring (bicyclic) bond motifs is 2. The number of hydrogen-bond acceptors (Lipinski definition) is 4. The van der Waals surface area contributed by atoms with Gasteiger partial charge in [-0.05, 0) is 48.7 Å². The van der Waals surface area contributed by atoms with Crippen molar-refractivity contribution in [2.75, 3.05) is 29.8 Å². The number of benzene rings is 2. The Kier molecular flexibility index (Phi) is 4.35. The van der Waals surface area contributed by atoms with E-state index in [2.05, 4.69) is 9.83 Å². The summed E-state index contributed by atoms with van der Waals surface area (Å²) in [5.41, 5.74) is 3.02. The minimum Gasteiger partial charge on any atom is -0.378 e. The second-order valence-electron chi connectivity index (χ2n) is 7.28. The molecule has 0 bridgehead atoms. The van der Waals surface area contributed by atoms with Crippen LogP contribution in [0.4, 0.5) is 17.1 Å². The molecule has 8 heteroatoms. The summed E-state index contributed by atoms with van der Waals surface area (Å²) in [4.78, 5) is 20.4. The molecule has 1 N–H and O–H groups in total. The first-order valence-corrected chi connectivity index (χ1v) is 10.5. The number of H-pyrrole nitrogens is 1. The third-order valence-corrected chi connectivity index (χ3v) is 7.14. The predicted octanol–water partition coefficient (Wildman–Crippen LogP) is 3.20. The van der Waals surface area contributed by atoms with Gasteiger partial charge in [0.05, 0.1) is 11.5 Å². The van der Waals surface area contributed by atoms with Crippen molar-refractivity contribution in [3.8, 4) is 0 Å². The van der Waals surface area contributed by atoms with Gasteiger partial charge < -0.3 is 9.88 Å². The molecule has 2 aromatic carbocycles. The van der Waals surface area contributed by atoms with Gasteiger partial charge in [-0.3, -0.25) is 9.10 Å². The number of rotatable bonds is 3. The van der Waals surface area contributed by atoms with Crippen LogP contribution >= 0.6 is 0 Å². The highest BCUT2D eigenvalue weighted by Gasteiger charge is 2.34. The van der Waals surface area contributed by atoms with Gasteiger partial charge >= 0.3 is 0 Å². The van der Waals surface area contributed by atoms with Gasteiger partial charge in [0.1, 0.15) is 0 Å². The number of aromatic amines is 1. The summed E-state index contributed by atoms with van der Waals surface area (Å²) in [6.07, 6.45) is 2.09. The topological polar surface area (TPSA) is 77.8 Å². The van der Waals surface area contributed by atoms with Gasteiger partial charge in [-0.2, -0.15) is 0 Å². The number of aryl methyl sites for hydroxylation is 1. The molecule has 7 nitrogen and oxygen atoms in total. The van der Waals surface area contributed by atoms with Crippen LogP contribution in [0.15, 0.2) is 46.2 Å². The summed E-state index contributed by atoms with van der Waals surface area (Å²) >= 11 is 0. The van der Waals surface area contributed by atoms with Crippen LogP contribution in [0, 0.1) is 13.5 Å². The highest BCUT2D eigenvalue weighted by molar-refractivity contribution is 7.93. The molecule has 0 saturated carbocycles. The lowest BCUT2D eigenvalue weighted by Gasteiger charge is -2.23. The SMILES string of the molecule is [C-]#[N+]c1cc(N(C)C)c2c(c1)N(S(=O)(=O)c1cccc3c(=O)[nH]cc(C)c13)CC2. The summed E-state index contributed by atoms with van der Waals surface area (Å²) in [5.74, 6) is 0. The third kappa shape index (κ3) is 2.86. The van der Waals surface area contributed by atoms with Crippen molar-refractivity contribution in [2.24, 2.45) is 0 Å². The first-order valence-electron chi connectivity index (χ1n) is 9.11. The van der Waals surface area contributed by atoms with Crippen molar-refractivity contribution in [3.63, 3.8) is 0 Å². The van der Waals surface area contributed by atoms with Crippen molar-refractivity contribution in [2.45, 2.75) is 18.2 Å². The molecule has 1 aliphatic heterocycles. The average molecular weight is 408 g/mol. The van der Waals surface area contributed by atoms with Crippen molar-refractivity contribution in [1.82, 2.24) is 4.98 Å². The maximum Gasteiger partial charge on any atom is 0.264 e. The summed E-state index contributed by atoms with van der Waals surface area (Å²) in [6.45, 7) is 9.45. The van der Waals surface area contributed by atoms with Crippen LogP contribution in [0.25, 0.3) is 15.6 Å². The van der Waals surface area contributed by atoms with E-state index in [4.69, 9.17) is 6.57 Å². The number of hydrogen-bond donors (Lipinski definition) is 1. The average Bonchev–Trinajstić information content (AvgIpc) is 3.14. The fourth-order valence-electron chi connectivity index (χ4n) is 3.94. The predicted molar refractivity (Wildman–Crippen MR) is 115 cm³/mol. The summed E-state index contributed by atoms with van der Waals surface area (Å²) in [7, 11) is -0.175. The Labute approximate surface area is 169 Å². The lowest BCUT2D eigenvalue weighted by atomic mass is 10.1. The largest absolute Gasteiger partial charge is 0.378 e. The van der Waals surface area contributed by atoms with E-state index < -0.39 is 10.0 Å². The number of nitrogens with one attached hydrogen (secondary N) is 1. The van der Waals surface area contributed by atoms with Crippen molar-refractivity contribution in [3.05, 3.63) is 69.4 Å². The van der Waals surface area contributed by atoms with Crippen LogP contribution in [0.1, 0.15) is 11.1 Å². The summed E-state index contributed by atoms with van der Waals surface area (Å²) in [5, 5.41) is 0.772. The van der Waals surface area contributed by atoms with Gasteiger partial charge in [0.25, 0.3) is 15.6 Å². The molecule has 0 spiro atoms. The van der Waals surface area contributed by atoms with Crippen LogP contribution < -0.4 is 14.8 Å². The van der Waals surface area contributed by atoms with E-state index in [1.165, 1.54) is 16.6 Å². The van der Waals surface area contributed by atoms with Gasteiger partial charge in [-0.15, -0.1) is 0 Å². The molecule has 0 saturated heterocycles. The van der Waals surface area contributed by atoms with Crippen molar-refractivity contribution < 1.29 is 8.42 Å². The van der Waals surface area contributed by atoms with Crippen LogP contribution in [-0.4, -0.2) is 34.0 Å². The molecule has 0 unspecified atom stereocenters. The Balaban J connectivity index is 1.97. The number of aromatic nitrogens is 1. The summed E-state index contributed by atoms with van der Waals surface area (Å²) in [6, 6.07) is 8.16. The van der Waals surface area contributed by atoms with Crippen LogP contribution in [0.5, 0.6) is 0 Å². The molecule has 0 radical (unpaired) electrons. The summed E-state index contributed by atoms with van der Waals surface area (Å²) < 4.78 is 28.7. The van der Waals surface area contributed by atoms with E-state index in [1.54, 1.807) is 31.2 Å². The third-order valence-electron chi connectivity index (χ3n) is 5.29. The van der Waals surface area contributed by atoms with Gasteiger partial charge in [-0.25, -0.2) is 13.3 Å². The molecule has 0 aliphatic carbocycles. The van der Waals surface area contributed by atoms with Crippen LogP contribution in [0.2, 0.25) is 0 Å². The Morgan fingerprint density at radius 2 is 2.00 bits per heavy atom. The molecule has 0 fully saturated rings. The Morgan fingerprint density at radius 1 is 1.24 bits per heavy atom. The molecule has 3 aromatic rings. The standard InChI is InChI=1S/C21H20N4O3S/c1-13-12-23-21(26)16-6-5-7-19(20(13)16)29(27,28)25-9-8-15-17(24(3)4)10-14(22-2)11-18(15)25/h5-7,10-12H,8-9H2,1,3-4H3,(H,23,26). The fourth-order valence-corrected chi connectivity index (χ4v) is 5.71. The first-order chi connectivity index (χ1) is 13.8. The van der Waals surface area contributed by atoms with Gasteiger partial charge in [0.15, 0.2) is 5.69 Å². The first kappa shape index (κ1) is 19.0. The van der Waals surface area contributed by atoms with Crippen LogP contribution in [-0.2, 0) is 16.4 Å². The number of nitrogens with zero attached hydrogens (tertiary/aromatic N) is 3.